The highest BCUT2D eigenvalue weighted by molar-refractivity contribution is 9.11. The van der Waals surface area contributed by atoms with Crippen molar-refractivity contribution >= 4 is 39.0 Å². The maximum Gasteiger partial charge on any atom is 0.252 e. The largest absolute Gasteiger partial charge is 0.409 e. The fourth-order valence-corrected chi connectivity index (χ4v) is 3.97. The summed E-state index contributed by atoms with van der Waals surface area (Å²) in [6.45, 7) is 2.17. The van der Waals surface area contributed by atoms with Gasteiger partial charge in [-0.25, -0.2) is 0 Å². The quantitative estimate of drug-likeness (QED) is 0.327. The summed E-state index contributed by atoms with van der Waals surface area (Å²) in [5, 5.41) is 17.0. The van der Waals surface area contributed by atoms with Crippen LogP contribution in [0.2, 0.25) is 0 Å². The second-order valence-corrected chi connectivity index (χ2v) is 7.80. The van der Waals surface area contributed by atoms with Crippen LogP contribution in [0.3, 0.4) is 0 Å². The van der Waals surface area contributed by atoms with Crippen LogP contribution in [0.5, 0.6) is 0 Å². The molecule has 0 aromatic carbocycles. The lowest BCUT2D eigenvalue weighted by atomic mass is 9.74. The third-order valence-electron chi connectivity index (χ3n) is 4.32. The molecule has 21 heavy (non-hydrogen) atoms. The number of halogens is 1. The zero-order valence-corrected chi connectivity index (χ0v) is 14.3. The van der Waals surface area contributed by atoms with E-state index in [1.165, 1.54) is 11.3 Å². The molecule has 1 saturated carbocycles. The molecule has 0 bridgehead atoms. The van der Waals surface area contributed by atoms with Gasteiger partial charge in [0.2, 0.25) is 0 Å². The lowest BCUT2D eigenvalue weighted by Gasteiger charge is -2.39. The zero-order valence-electron chi connectivity index (χ0n) is 11.9. The second kappa shape index (κ2) is 6.79. The van der Waals surface area contributed by atoms with Gasteiger partial charge in [-0.15, -0.1) is 11.3 Å². The van der Waals surface area contributed by atoms with Crippen molar-refractivity contribution in [3.05, 3.63) is 20.8 Å². The highest BCUT2D eigenvalue weighted by Crippen LogP contribution is 2.34. The minimum Gasteiger partial charge on any atom is -0.409 e. The van der Waals surface area contributed by atoms with E-state index in [4.69, 9.17) is 10.9 Å². The Hall–Kier alpha value is -1.08. The molecule has 7 heteroatoms. The van der Waals surface area contributed by atoms with Crippen LogP contribution in [0, 0.1) is 5.92 Å². The molecule has 1 aliphatic carbocycles. The number of rotatable bonds is 4. The van der Waals surface area contributed by atoms with Gasteiger partial charge in [0.1, 0.15) is 5.54 Å². The molecule has 0 unspecified atom stereocenters. The maximum atomic E-state index is 12.4. The van der Waals surface area contributed by atoms with Crippen LogP contribution >= 0.6 is 27.3 Å². The van der Waals surface area contributed by atoms with Crippen LogP contribution in [-0.4, -0.2) is 22.5 Å². The molecular formula is C14H20BrN3O2S. The average Bonchev–Trinajstić information content (AvgIpc) is 2.93. The predicted octanol–water partition coefficient (Wildman–Crippen LogP) is 3.33. The standard InChI is InChI=1S/C14H20BrN3O2S/c1-2-9-3-5-14(6-4-9,13(16)18-20)17-12(19)10-7-11(15)21-8-10/h7-9,20H,2-6H2,1H3,(H2,16,18)(H,17,19). The van der Waals surface area contributed by atoms with Gasteiger partial charge >= 0.3 is 0 Å². The van der Waals surface area contributed by atoms with Crippen molar-refractivity contribution < 1.29 is 10.0 Å². The Morgan fingerprint density at radius 2 is 2.29 bits per heavy atom. The van der Waals surface area contributed by atoms with E-state index >= 15 is 0 Å². The smallest absolute Gasteiger partial charge is 0.252 e. The molecule has 0 spiro atoms. The van der Waals surface area contributed by atoms with E-state index < -0.39 is 5.54 Å². The van der Waals surface area contributed by atoms with Gasteiger partial charge in [-0.3, -0.25) is 4.79 Å². The van der Waals surface area contributed by atoms with Crippen LogP contribution < -0.4 is 11.1 Å². The number of amidine groups is 1. The molecule has 0 radical (unpaired) electrons. The minimum atomic E-state index is -0.730. The summed E-state index contributed by atoms with van der Waals surface area (Å²) in [5.41, 5.74) is 5.74. The number of thiophene rings is 1. The Morgan fingerprint density at radius 3 is 2.76 bits per heavy atom. The molecule has 1 fully saturated rings. The molecule has 0 saturated heterocycles. The van der Waals surface area contributed by atoms with Crippen molar-refractivity contribution in [3.8, 4) is 0 Å². The van der Waals surface area contributed by atoms with Gasteiger partial charge in [-0.05, 0) is 53.6 Å². The molecule has 0 aliphatic heterocycles. The number of nitrogens with one attached hydrogen (secondary N) is 1. The number of nitrogens with zero attached hydrogens (tertiary/aromatic N) is 1. The van der Waals surface area contributed by atoms with Crippen molar-refractivity contribution in [1.82, 2.24) is 5.32 Å². The number of hydrogen-bond acceptors (Lipinski definition) is 4. The van der Waals surface area contributed by atoms with Gasteiger partial charge in [0.25, 0.3) is 5.91 Å². The first-order valence-corrected chi connectivity index (χ1v) is 8.72. The fourth-order valence-electron chi connectivity index (χ4n) is 2.84. The molecule has 1 aromatic heterocycles. The molecule has 2 rings (SSSR count). The monoisotopic (exact) mass is 373 g/mol. The predicted molar refractivity (Wildman–Crippen MR) is 87.9 cm³/mol. The summed E-state index contributed by atoms with van der Waals surface area (Å²) >= 11 is 4.81. The van der Waals surface area contributed by atoms with Gasteiger partial charge in [0.05, 0.1) is 9.35 Å². The molecule has 5 nitrogen and oxygen atoms in total. The van der Waals surface area contributed by atoms with Gasteiger partial charge in [0.15, 0.2) is 5.84 Å². The zero-order chi connectivity index (χ0) is 15.5. The minimum absolute atomic E-state index is 0.0969. The van der Waals surface area contributed by atoms with Crippen molar-refractivity contribution in [2.75, 3.05) is 0 Å². The van der Waals surface area contributed by atoms with E-state index in [2.05, 4.69) is 33.3 Å². The topological polar surface area (TPSA) is 87.7 Å². The Labute approximate surface area is 136 Å². The van der Waals surface area contributed by atoms with Crippen LogP contribution in [0.15, 0.2) is 20.4 Å². The van der Waals surface area contributed by atoms with Crippen LogP contribution in [-0.2, 0) is 0 Å². The van der Waals surface area contributed by atoms with E-state index in [9.17, 15) is 4.79 Å². The Kier molecular flexibility index (Phi) is 5.27. The summed E-state index contributed by atoms with van der Waals surface area (Å²) in [7, 11) is 0. The normalized spacial score (nSPS) is 26.6. The maximum absolute atomic E-state index is 12.4. The summed E-state index contributed by atoms with van der Waals surface area (Å²) in [6, 6.07) is 1.78. The van der Waals surface area contributed by atoms with E-state index in [1.54, 1.807) is 11.4 Å². The lowest BCUT2D eigenvalue weighted by Crippen LogP contribution is -2.59. The molecule has 1 heterocycles. The number of oxime groups is 1. The SMILES string of the molecule is CCC1CCC(NC(=O)c2csc(Br)c2)(C(N)=NO)CC1. The van der Waals surface area contributed by atoms with Gasteiger partial charge in [0, 0.05) is 5.38 Å². The summed E-state index contributed by atoms with van der Waals surface area (Å²) < 4.78 is 0.903. The third-order valence-corrected chi connectivity index (χ3v) is 5.82. The molecule has 1 aromatic rings. The first-order chi connectivity index (χ1) is 10.0. The van der Waals surface area contributed by atoms with Crippen molar-refractivity contribution in [2.45, 2.75) is 44.6 Å². The Balaban J connectivity index is 2.16. The first-order valence-electron chi connectivity index (χ1n) is 7.05. The number of nitrogens with two attached hydrogens (primary N) is 1. The Bertz CT molecular complexity index is 536. The molecular weight excluding hydrogens is 354 g/mol. The van der Waals surface area contributed by atoms with Crippen LogP contribution in [0.4, 0.5) is 0 Å². The van der Waals surface area contributed by atoms with Gasteiger partial charge < -0.3 is 16.3 Å². The molecule has 0 atom stereocenters. The van der Waals surface area contributed by atoms with Crippen molar-refractivity contribution in [2.24, 2.45) is 16.8 Å². The van der Waals surface area contributed by atoms with Crippen LogP contribution in [0.25, 0.3) is 0 Å². The van der Waals surface area contributed by atoms with Crippen molar-refractivity contribution in [3.63, 3.8) is 0 Å². The van der Waals surface area contributed by atoms with Crippen molar-refractivity contribution in [1.29, 1.82) is 0 Å². The second-order valence-electron chi connectivity index (χ2n) is 5.51. The summed E-state index contributed by atoms with van der Waals surface area (Å²) in [5.74, 6) is 0.565. The summed E-state index contributed by atoms with van der Waals surface area (Å²) in [6.07, 6.45) is 4.48. The third kappa shape index (κ3) is 3.58. The van der Waals surface area contributed by atoms with E-state index in [1.807, 2.05) is 0 Å². The van der Waals surface area contributed by atoms with Gasteiger partial charge in [-0.2, -0.15) is 0 Å². The first kappa shape index (κ1) is 16.3. The summed E-state index contributed by atoms with van der Waals surface area (Å²) in [4.78, 5) is 12.4. The highest BCUT2D eigenvalue weighted by atomic mass is 79.9. The lowest BCUT2D eigenvalue weighted by molar-refractivity contribution is 0.0895. The molecule has 4 N–H and O–H groups in total. The number of hydrogen-bond donors (Lipinski definition) is 3. The molecule has 116 valence electrons. The van der Waals surface area contributed by atoms with E-state index in [0.29, 0.717) is 24.3 Å². The van der Waals surface area contributed by atoms with E-state index in [-0.39, 0.29) is 11.7 Å². The number of carbonyl (C=O) groups excluding carboxylic acids is 1. The highest BCUT2D eigenvalue weighted by Gasteiger charge is 2.40. The van der Waals surface area contributed by atoms with Crippen LogP contribution in [0.1, 0.15) is 49.4 Å². The van der Waals surface area contributed by atoms with Gasteiger partial charge in [-0.1, -0.05) is 18.5 Å². The fraction of sp³-hybridized carbons (Fsp3) is 0.571. The molecule has 1 aliphatic rings. The average molecular weight is 374 g/mol. The number of carbonyl (C=O) groups is 1. The molecule has 1 amide bonds. The Morgan fingerprint density at radius 1 is 1.62 bits per heavy atom. The number of amides is 1. The van der Waals surface area contributed by atoms with E-state index in [0.717, 1.165) is 23.0 Å².